The number of amides is 1. The highest BCUT2D eigenvalue weighted by Crippen LogP contribution is 2.19. The first-order chi connectivity index (χ1) is 13.6. The zero-order valence-electron chi connectivity index (χ0n) is 16.2. The van der Waals surface area contributed by atoms with Crippen LogP contribution in [0.3, 0.4) is 0 Å². The highest BCUT2D eigenvalue weighted by Gasteiger charge is 2.20. The topological polar surface area (TPSA) is 42.0 Å². The molecule has 3 rings (SSSR count). The van der Waals surface area contributed by atoms with Crippen LogP contribution >= 0.6 is 0 Å². The highest BCUT2D eigenvalue weighted by atomic mass is 19.1. The minimum Gasteiger partial charge on any atom is -0.497 e. The molecule has 2 aromatic rings. The standard InChI is InChI=1S/C22H25FN2O3/c1-27-19-5-3-4-17(14-19)7-9-22(26)25-12-10-24(11-13-25)16-18-6-8-21(28-2)20(23)15-18/h3-9,14-15H,10-13,16H2,1-2H3/b9-7+. The van der Waals surface area contributed by atoms with Crippen LogP contribution in [0.1, 0.15) is 11.1 Å². The average Bonchev–Trinajstić information content (AvgIpc) is 2.73. The van der Waals surface area contributed by atoms with E-state index in [2.05, 4.69) is 4.90 Å². The Hall–Kier alpha value is -2.86. The lowest BCUT2D eigenvalue weighted by molar-refractivity contribution is -0.127. The van der Waals surface area contributed by atoms with E-state index in [1.165, 1.54) is 13.2 Å². The van der Waals surface area contributed by atoms with Gasteiger partial charge in [0.15, 0.2) is 11.6 Å². The van der Waals surface area contributed by atoms with Crippen LogP contribution in [0.5, 0.6) is 11.5 Å². The summed E-state index contributed by atoms with van der Waals surface area (Å²) in [6.45, 7) is 3.47. The van der Waals surface area contributed by atoms with Crippen LogP contribution in [0.25, 0.3) is 6.08 Å². The van der Waals surface area contributed by atoms with Crippen LogP contribution in [0, 0.1) is 5.82 Å². The molecule has 0 saturated carbocycles. The summed E-state index contributed by atoms with van der Waals surface area (Å²) < 4.78 is 24.0. The molecule has 0 atom stereocenters. The van der Waals surface area contributed by atoms with Crippen molar-refractivity contribution in [2.75, 3.05) is 40.4 Å². The van der Waals surface area contributed by atoms with Gasteiger partial charge in [0, 0.05) is 38.8 Å². The molecule has 28 heavy (non-hydrogen) atoms. The third kappa shape index (κ3) is 5.10. The quantitative estimate of drug-likeness (QED) is 0.718. The van der Waals surface area contributed by atoms with Crippen LogP contribution < -0.4 is 9.47 Å². The molecule has 0 N–H and O–H groups in total. The van der Waals surface area contributed by atoms with Gasteiger partial charge in [0.2, 0.25) is 5.91 Å². The predicted molar refractivity (Wildman–Crippen MR) is 107 cm³/mol. The van der Waals surface area contributed by atoms with Crippen molar-refractivity contribution < 1.29 is 18.7 Å². The summed E-state index contributed by atoms with van der Waals surface area (Å²) in [5.74, 6) is 0.662. The monoisotopic (exact) mass is 384 g/mol. The largest absolute Gasteiger partial charge is 0.497 e. The molecule has 0 spiro atoms. The normalized spacial score (nSPS) is 15.0. The number of ether oxygens (including phenoxy) is 2. The van der Waals surface area contributed by atoms with Crippen LogP contribution in [0.4, 0.5) is 4.39 Å². The van der Waals surface area contributed by atoms with Crippen molar-refractivity contribution in [3.05, 3.63) is 65.5 Å². The van der Waals surface area contributed by atoms with E-state index in [1.807, 2.05) is 35.2 Å². The molecule has 148 valence electrons. The third-order valence-electron chi connectivity index (χ3n) is 4.82. The summed E-state index contributed by atoms with van der Waals surface area (Å²) in [4.78, 5) is 16.5. The molecule has 0 bridgehead atoms. The molecule has 1 amide bonds. The number of methoxy groups -OCH3 is 2. The number of carbonyl (C=O) groups is 1. The summed E-state index contributed by atoms with van der Waals surface area (Å²) in [6.07, 6.45) is 3.40. The van der Waals surface area contributed by atoms with Crippen molar-refractivity contribution in [2.24, 2.45) is 0 Å². The smallest absolute Gasteiger partial charge is 0.246 e. The first kappa shape index (κ1) is 19.9. The number of hydrogen-bond acceptors (Lipinski definition) is 4. The second-order valence-corrected chi connectivity index (χ2v) is 6.68. The molecule has 0 unspecified atom stereocenters. The number of nitrogens with zero attached hydrogens (tertiary/aromatic N) is 2. The van der Waals surface area contributed by atoms with Gasteiger partial charge in [-0.1, -0.05) is 18.2 Å². The number of halogens is 1. The van der Waals surface area contributed by atoms with Crippen molar-refractivity contribution in [3.8, 4) is 11.5 Å². The van der Waals surface area contributed by atoms with E-state index in [1.54, 1.807) is 25.3 Å². The molecule has 5 nitrogen and oxygen atoms in total. The molecule has 1 aliphatic rings. The van der Waals surface area contributed by atoms with Crippen molar-refractivity contribution in [1.82, 2.24) is 9.80 Å². The fourth-order valence-corrected chi connectivity index (χ4v) is 3.21. The number of piperazine rings is 1. The Bertz CT molecular complexity index is 845. The average molecular weight is 384 g/mol. The van der Waals surface area contributed by atoms with Gasteiger partial charge < -0.3 is 14.4 Å². The maximum absolute atomic E-state index is 13.8. The fraction of sp³-hybridized carbons (Fsp3) is 0.318. The molecule has 1 heterocycles. The third-order valence-corrected chi connectivity index (χ3v) is 4.82. The molecule has 6 heteroatoms. The maximum atomic E-state index is 13.8. The number of hydrogen-bond donors (Lipinski definition) is 0. The first-order valence-corrected chi connectivity index (χ1v) is 9.25. The van der Waals surface area contributed by atoms with Gasteiger partial charge in [-0.15, -0.1) is 0 Å². The summed E-state index contributed by atoms with van der Waals surface area (Å²) in [5, 5.41) is 0. The van der Waals surface area contributed by atoms with Gasteiger partial charge in [-0.05, 0) is 41.5 Å². The maximum Gasteiger partial charge on any atom is 0.246 e. The minimum atomic E-state index is -0.350. The Labute approximate surface area is 165 Å². The number of rotatable bonds is 6. The molecular formula is C22H25FN2O3. The van der Waals surface area contributed by atoms with E-state index in [0.717, 1.165) is 30.0 Å². The first-order valence-electron chi connectivity index (χ1n) is 9.25. The van der Waals surface area contributed by atoms with Gasteiger partial charge in [-0.2, -0.15) is 0 Å². The zero-order chi connectivity index (χ0) is 19.9. The SMILES string of the molecule is COc1cccc(/C=C/C(=O)N2CCN(Cc3ccc(OC)c(F)c3)CC2)c1. The van der Waals surface area contributed by atoms with Crippen LogP contribution in [-0.4, -0.2) is 56.1 Å². The highest BCUT2D eigenvalue weighted by molar-refractivity contribution is 5.91. The van der Waals surface area contributed by atoms with Crippen molar-refractivity contribution in [2.45, 2.75) is 6.54 Å². The van der Waals surface area contributed by atoms with Gasteiger partial charge in [0.05, 0.1) is 14.2 Å². The van der Waals surface area contributed by atoms with E-state index in [4.69, 9.17) is 9.47 Å². The van der Waals surface area contributed by atoms with Crippen LogP contribution in [0.15, 0.2) is 48.5 Å². The Morgan fingerprint density at radius 1 is 1.07 bits per heavy atom. The van der Waals surface area contributed by atoms with Gasteiger partial charge in [-0.3, -0.25) is 9.69 Å². The molecule has 2 aromatic carbocycles. The summed E-state index contributed by atoms with van der Waals surface area (Å²) in [7, 11) is 3.07. The van der Waals surface area contributed by atoms with Gasteiger partial charge in [0.25, 0.3) is 0 Å². The van der Waals surface area contributed by atoms with Crippen molar-refractivity contribution >= 4 is 12.0 Å². The lowest BCUT2D eigenvalue weighted by Gasteiger charge is -2.34. The van der Waals surface area contributed by atoms with E-state index < -0.39 is 0 Å². The predicted octanol–water partition coefficient (Wildman–Crippen LogP) is 3.20. The molecule has 0 aromatic heterocycles. The van der Waals surface area contributed by atoms with Gasteiger partial charge in [0.1, 0.15) is 5.75 Å². The molecular weight excluding hydrogens is 359 g/mol. The van der Waals surface area contributed by atoms with Crippen LogP contribution in [0.2, 0.25) is 0 Å². The second kappa shape index (κ2) is 9.37. The number of benzene rings is 2. The summed E-state index contributed by atoms with van der Waals surface area (Å²) >= 11 is 0. The van der Waals surface area contributed by atoms with E-state index >= 15 is 0 Å². The minimum absolute atomic E-state index is 0.00189. The number of carbonyl (C=O) groups excluding carboxylic acids is 1. The molecule has 0 radical (unpaired) electrons. The molecule has 1 aliphatic heterocycles. The van der Waals surface area contributed by atoms with Crippen molar-refractivity contribution in [1.29, 1.82) is 0 Å². The Morgan fingerprint density at radius 3 is 2.54 bits per heavy atom. The summed E-state index contributed by atoms with van der Waals surface area (Å²) in [6, 6.07) is 12.6. The molecule has 1 saturated heterocycles. The zero-order valence-corrected chi connectivity index (χ0v) is 16.2. The second-order valence-electron chi connectivity index (χ2n) is 6.68. The fourth-order valence-electron chi connectivity index (χ4n) is 3.21. The summed E-state index contributed by atoms with van der Waals surface area (Å²) in [5.41, 5.74) is 1.82. The van der Waals surface area contributed by atoms with Crippen molar-refractivity contribution in [3.63, 3.8) is 0 Å². The van der Waals surface area contributed by atoms with E-state index in [9.17, 15) is 9.18 Å². The van der Waals surface area contributed by atoms with Gasteiger partial charge in [-0.25, -0.2) is 4.39 Å². The molecule has 0 aliphatic carbocycles. The van der Waals surface area contributed by atoms with E-state index in [-0.39, 0.29) is 17.5 Å². The lowest BCUT2D eigenvalue weighted by atomic mass is 10.1. The van der Waals surface area contributed by atoms with Crippen LogP contribution in [-0.2, 0) is 11.3 Å². The van der Waals surface area contributed by atoms with E-state index in [0.29, 0.717) is 19.6 Å². The van der Waals surface area contributed by atoms with Gasteiger partial charge >= 0.3 is 0 Å². The Kier molecular flexibility index (Phi) is 6.66. The Morgan fingerprint density at radius 2 is 1.86 bits per heavy atom. The Balaban J connectivity index is 1.51. The lowest BCUT2D eigenvalue weighted by Crippen LogP contribution is -2.47. The molecule has 1 fully saturated rings.